The van der Waals surface area contributed by atoms with Gasteiger partial charge in [0, 0.05) is 12.1 Å². The van der Waals surface area contributed by atoms with Crippen LogP contribution in [0.15, 0.2) is 71.6 Å². The summed E-state index contributed by atoms with van der Waals surface area (Å²) in [7, 11) is -4.11. The Bertz CT molecular complexity index is 1470. The van der Waals surface area contributed by atoms with Gasteiger partial charge in [0.1, 0.15) is 12.6 Å². The second-order valence-electron chi connectivity index (χ2n) is 11.8. The van der Waals surface area contributed by atoms with Crippen molar-refractivity contribution in [3.63, 3.8) is 0 Å². The number of hydrogen-bond donors (Lipinski definition) is 1. The SMILES string of the molecule is CC[C@@H](C(=O)NC(C)(C)C)N(Cc1ccc(C)cc1)C(=O)CN(c1ccc(C)cc1C)S(=O)(=O)c1ccc(C)cc1. The van der Waals surface area contributed by atoms with Gasteiger partial charge in [-0.2, -0.15) is 0 Å². The Labute approximate surface area is 245 Å². The van der Waals surface area contributed by atoms with Gasteiger partial charge in [-0.15, -0.1) is 0 Å². The molecule has 1 atom stereocenters. The summed E-state index contributed by atoms with van der Waals surface area (Å²) in [6.07, 6.45) is 0.369. The van der Waals surface area contributed by atoms with Crippen molar-refractivity contribution < 1.29 is 18.0 Å². The molecule has 220 valence electrons. The number of sulfonamides is 1. The maximum absolute atomic E-state index is 14.2. The van der Waals surface area contributed by atoms with Crippen LogP contribution in [0.25, 0.3) is 0 Å². The minimum Gasteiger partial charge on any atom is -0.350 e. The van der Waals surface area contributed by atoms with Crippen LogP contribution in [0.5, 0.6) is 0 Å². The molecular weight excluding hydrogens is 534 g/mol. The molecule has 0 aliphatic carbocycles. The molecule has 1 N–H and O–H groups in total. The fourth-order valence-corrected chi connectivity index (χ4v) is 6.18. The first kappa shape index (κ1) is 31.9. The van der Waals surface area contributed by atoms with Crippen LogP contribution in [0.4, 0.5) is 5.69 Å². The molecule has 3 aromatic rings. The Morgan fingerprint density at radius 3 is 1.88 bits per heavy atom. The number of hydrogen-bond acceptors (Lipinski definition) is 4. The van der Waals surface area contributed by atoms with E-state index in [4.69, 9.17) is 0 Å². The summed E-state index contributed by atoms with van der Waals surface area (Å²) in [5, 5.41) is 3.00. The molecule has 0 aromatic heterocycles. The number of amides is 2. The zero-order valence-electron chi connectivity index (χ0n) is 25.5. The number of carbonyl (C=O) groups is 2. The van der Waals surface area contributed by atoms with Gasteiger partial charge in [-0.3, -0.25) is 13.9 Å². The maximum Gasteiger partial charge on any atom is 0.264 e. The third kappa shape index (κ3) is 8.19. The number of anilines is 1. The van der Waals surface area contributed by atoms with Crippen LogP contribution in [-0.2, 0) is 26.2 Å². The molecule has 8 heteroatoms. The largest absolute Gasteiger partial charge is 0.350 e. The number of carbonyl (C=O) groups excluding carboxylic acids is 2. The average molecular weight is 578 g/mol. The van der Waals surface area contributed by atoms with E-state index in [0.29, 0.717) is 12.1 Å². The summed E-state index contributed by atoms with van der Waals surface area (Å²) in [6, 6.07) is 19.0. The lowest BCUT2D eigenvalue weighted by Crippen LogP contribution is -2.55. The summed E-state index contributed by atoms with van der Waals surface area (Å²) >= 11 is 0. The lowest BCUT2D eigenvalue weighted by Gasteiger charge is -2.35. The summed E-state index contributed by atoms with van der Waals surface area (Å²) in [5.41, 5.74) is 4.50. The highest BCUT2D eigenvalue weighted by Gasteiger charge is 2.35. The van der Waals surface area contributed by atoms with Crippen molar-refractivity contribution in [3.05, 3.63) is 94.5 Å². The summed E-state index contributed by atoms with van der Waals surface area (Å²) in [5.74, 6) is -0.739. The van der Waals surface area contributed by atoms with E-state index in [9.17, 15) is 18.0 Å². The van der Waals surface area contributed by atoms with Crippen LogP contribution < -0.4 is 9.62 Å². The highest BCUT2D eigenvalue weighted by atomic mass is 32.2. The molecule has 0 radical (unpaired) electrons. The van der Waals surface area contributed by atoms with Crippen molar-refractivity contribution in [2.24, 2.45) is 0 Å². The zero-order chi connectivity index (χ0) is 30.5. The van der Waals surface area contributed by atoms with Gasteiger partial charge in [-0.1, -0.05) is 72.1 Å². The summed E-state index contributed by atoms with van der Waals surface area (Å²) < 4.78 is 29.3. The van der Waals surface area contributed by atoms with Gasteiger partial charge < -0.3 is 10.2 Å². The van der Waals surface area contributed by atoms with E-state index in [0.717, 1.165) is 27.8 Å². The quantitative estimate of drug-likeness (QED) is 0.328. The van der Waals surface area contributed by atoms with Crippen LogP contribution in [-0.4, -0.2) is 43.3 Å². The number of rotatable bonds is 10. The van der Waals surface area contributed by atoms with E-state index in [1.54, 1.807) is 30.3 Å². The molecule has 0 heterocycles. The van der Waals surface area contributed by atoms with E-state index in [-0.39, 0.29) is 17.3 Å². The standard InChI is InChI=1S/C33H43N3O4S/c1-9-29(32(38)34-33(6,7)8)35(21-27-15-10-23(2)11-16-27)31(37)22-36(30-19-14-25(4)20-26(30)5)41(39,40)28-17-12-24(3)13-18-28/h10-20,29H,9,21-22H2,1-8H3,(H,34,38)/t29-/m0/s1. The second kappa shape index (κ2) is 12.9. The first-order valence-electron chi connectivity index (χ1n) is 14.0. The molecule has 0 saturated heterocycles. The molecule has 0 aliphatic rings. The Morgan fingerprint density at radius 2 is 1.37 bits per heavy atom. The van der Waals surface area contributed by atoms with Gasteiger partial charge in [0.15, 0.2) is 0 Å². The fraction of sp³-hybridized carbons (Fsp3) is 0.394. The predicted molar refractivity (Wildman–Crippen MR) is 165 cm³/mol. The van der Waals surface area contributed by atoms with E-state index in [2.05, 4.69) is 5.32 Å². The first-order chi connectivity index (χ1) is 19.1. The summed E-state index contributed by atoms with van der Waals surface area (Å²) in [6.45, 7) is 14.9. The normalized spacial score (nSPS) is 12.5. The minimum absolute atomic E-state index is 0.0958. The Hall–Kier alpha value is -3.65. The van der Waals surface area contributed by atoms with Gasteiger partial charge in [-0.05, 0) is 84.2 Å². The Balaban J connectivity index is 2.10. The van der Waals surface area contributed by atoms with Crippen LogP contribution in [0.2, 0.25) is 0 Å². The number of aryl methyl sites for hydroxylation is 4. The molecule has 0 unspecified atom stereocenters. The zero-order valence-corrected chi connectivity index (χ0v) is 26.3. The smallest absolute Gasteiger partial charge is 0.264 e. The molecule has 0 saturated carbocycles. The van der Waals surface area contributed by atoms with Crippen molar-refractivity contribution in [1.82, 2.24) is 10.2 Å². The van der Waals surface area contributed by atoms with E-state index >= 15 is 0 Å². The molecule has 3 aromatic carbocycles. The van der Waals surface area contributed by atoms with Crippen molar-refractivity contribution in [1.29, 1.82) is 0 Å². The molecule has 0 aliphatic heterocycles. The molecule has 7 nitrogen and oxygen atoms in total. The van der Waals surface area contributed by atoms with E-state index in [1.165, 1.54) is 9.21 Å². The van der Waals surface area contributed by atoms with E-state index < -0.39 is 34.1 Å². The van der Waals surface area contributed by atoms with Gasteiger partial charge >= 0.3 is 0 Å². The van der Waals surface area contributed by atoms with Crippen molar-refractivity contribution in [3.8, 4) is 0 Å². The van der Waals surface area contributed by atoms with Gasteiger partial charge in [-0.25, -0.2) is 8.42 Å². The minimum atomic E-state index is -4.11. The Morgan fingerprint density at radius 1 is 0.829 bits per heavy atom. The van der Waals surface area contributed by atoms with Gasteiger partial charge in [0.25, 0.3) is 10.0 Å². The van der Waals surface area contributed by atoms with Crippen LogP contribution in [0.1, 0.15) is 61.9 Å². The summed E-state index contributed by atoms with van der Waals surface area (Å²) in [4.78, 5) is 29.3. The van der Waals surface area contributed by atoms with Gasteiger partial charge in [0.2, 0.25) is 11.8 Å². The Kier molecular flexibility index (Phi) is 10.0. The predicted octanol–water partition coefficient (Wildman–Crippen LogP) is 5.84. The van der Waals surface area contributed by atoms with Crippen molar-refractivity contribution in [2.45, 2.75) is 84.8 Å². The average Bonchev–Trinajstić information content (AvgIpc) is 2.87. The van der Waals surface area contributed by atoms with Crippen LogP contribution in [0, 0.1) is 27.7 Å². The fourth-order valence-electron chi connectivity index (χ4n) is 4.70. The third-order valence-corrected chi connectivity index (χ3v) is 8.64. The first-order valence-corrected chi connectivity index (χ1v) is 15.4. The molecule has 41 heavy (non-hydrogen) atoms. The van der Waals surface area contributed by atoms with E-state index in [1.807, 2.05) is 91.8 Å². The topological polar surface area (TPSA) is 86.8 Å². The maximum atomic E-state index is 14.2. The molecule has 3 rings (SSSR count). The lowest BCUT2D eigenvalue weighted by molar-refractivity contribution is -0.141. The molecule has 0 fully saturated rings. The van der Waals surface area contributed by atoms with Crippen molar-refractivity contribution in [2.75, 3.05) is 10.8 Å². The van der Waals surface area contributed by atoms with Crippen LogP contribution in [0.3, 0.4) is 0 Å². The van der Waals surface area contributed by atoms with Crippen LogP contribution >= 0.6 is 0 Å². The third-order valence-electron chi connectivity index (χ3n) is 6.87. The molecular formula is C33H43N3O4S. The van der Waals surface area contributed by atoms with Crippen molar-refractivity contribution >= 4 is 27.5 Å². The molecule has 0 spiro atoms. The second-order valence-corrected chi connectivity index (χ2v) is 13.6. The highest BCUT2D eigenvalue weighted by Crippen LogP contribution is 2.28. The highest BCUT2D eigenvalue weighted by molar-refractivity contribution is 7.92. The number of nitrogens with zero attached hydrogens (tertiary/aromatic N) is 2. The lowest BCUT2D eigenvalue weighted by atomic mass is 10.1. The molecule has 2 amide bonds. The molecule has 0 bridgehead atoms. The van der Waals surface area contributed by atoms with Gasteiger partial charge in [0.05, 0.1) is 10.6 Å². The number of benzene rings is 3. The number of nitrogens with one attached hydrogen (secondary N) is 1. The monoisotopic (exact) mass is 577 g/mol.